The Balaban J connectivity index is 2.18. The van der Waals surface area contributed by atoms with Crippen LogP contribution in [0.1, 0.15) is 53.6 Å². The lowest BCUT2D eigenvalue weighted by atomic mass is 9.95. The van der Waals surface area contributed by atoms with Gasteiger partial charge in [-0.1, -0.05) is 12.1 Å². The zero-order chi connectivity index (χ0) is 15.4. The number of aryl methyl sites for hydroxylation is 1. The molecule has 0 spiro atoms. The smallest absolute Gasteiger partial charge is 0.303 e. The van der Waals surface area contributed by atoms with E-state index in [0.29, 0.717) is 6.42 Å². The monoisotopic (exact) mass is 289 g/mol. The number of hydrogen-bond acceptors (Lipinski definition) is 2. The van der Waals surface area contributed by atoms with Gasteiger partial charge in [-0.3, -0.25) is 9.59 Å². The van der Waals surface area contributed by atoms with Crippen molar-refractivity contribution in [2.75, 3.05) is 6.54 Å². The molecule has 1 amide bonds. The Morgan fingerprint density at radius 2 is 2.05 bits per heavy atom. The van der Waals surface area contributed by atoms with Crippen molar-refractivity contribution in [2.24, 2.45) is 0 Å². The first-order valence-electron chi connectivity index (χ1n) is 7.59. The molecule has 1 aliphatic heterocycles. The number of rotatable bonds is 4. The van der Waals surface area contributed by atoms with Gasteiger partial charge in [-0.2, -0.15) is 0 Å². The number of carboxylic acids is 1. The predicted octanol–water partition coefficient (Wildman–Crippen LogP) is 3.16. The SMILES string of the molecule is Cc1cccc(C(=O)N2CCCCC2CCC(=O)O)c1C. The Morgan fingerprint density at radius 1 is 1.29 bits per heavy atom. The molecule has 1 fully saturated rings. The van der Waals surface area contributed by atoms with E-state index in [1.807, 2.05) is 36.9 Å². The second-order valence-corrected chi connectivity index (χ2v) is 5.83. The van der Waals surface area contributed by atoms with Gasteiger partial charge >= 0.3 is 5.97 Å². The van der Waals surface area contributed by atoms with Gasteiger partial charge in [0.05, 0.1) is 0 Å². The van der Waals surface area contributed by atoms with Crippen molar-refractivity contribution in [3.8, 4) is 0 Å². The first-order chi connectivity index (χ1) is 10.0. The highest BCUT2D eigenvalue weighted by Crippen LogP contribution is 2.24. The van der Waals surface area contributed by atoms with Crippen molar-refractivity contribution in [2.45, 2.75) is 52.0 Å². The van der Waals surface area contributed by atoms with E-state index in [1.165, 1.54) is 0 Å². The average Bonchev–Trinajstić information content (AvgIpc) is 2.47. The first kappa shape index (κ1) is 15.5. The Morgan fingerprint density at radius 3 is 2.76 bits per heavy atom. The van der Waals surface area contributed by atoms with Crippen LogP contribution in [0.4, 0.5) is 0 Å². The lowest BCUT2D eigenvalue weighted by molar-refractivity contribution is -0.137. The molecule has 114 valence electrons. The summed E-state index contributed by atoms with van der Waals surface area (Å²) >= 11 is 0. The average molecular weight is 289 g/mol. The number of amides is 1. The van der Waals surface area contributed by atoms with Crippen LogP contribution < -0.4 is 0 Å². The maximum atomic E-state index is 12.8. The summed E-state index contributed by atoms with van der Waals surface area (Å²) in [4.78, 5) is 25.5. The van der Waals surface area contributed by atoms with Gasteiger partial charge in [0.25, 0.3) is 5.91 Å². The number of nitrogens with zero attached hydrogens (tertiary/aromatic N) is 1. The molecule has 0 aliphatic carbocycles. The molecular formula is C17H23NO3. The lowest BCUT2D eigenvalue weighted by Crippen LogP contribution is -2.44. The van der Waals surface area contributed by atoms with Gasteiger partial charge in [0.2, 0.25) is 0 Å². The van der Waals surface area contributed by atoms with Crippen LogP contribution in [0.3, 0.4) is 0 Å². The fraction of sp³-hybridized carbons (Fsp3) is 0.529. The standard InChI is InChI=1S/C17H23NO3/c1-12-6-5-8-15(13(12)2)17(21)18-11-4-3-7-14(18)9-10-16(19)20/h5-6,8,14H,3-4,7,9-11H2,1-2H3,(H,19,20). The number of carbonyl (C=O) groups excluding carboxylic acids is 1. The molecule has 4 heteroatoms. The molecule has 0 aromatic heterocycles. The number of piperidine rings is 1. The number of carbonyl (C=O) groups is 2. The zero-order valence-corrected chi connectivity index (χ0v) is 12.8. The van der Waals surface area contributed by atoms with Crippen molar-refractivity contribution >= 4 is 11.9 Å². The molecule has 0 bridgehead atoms. The largest absolute Gasteiger partial charge is 0.481 e. The van der Waals surface area contributed by atoms with Crippen LogP contribution in [0.25, 0.3) is 0 Å². The van der Waals surface area contributed by atoms with Crippen LogP contribution in [0.15, 0.2) is 18.2 Å². The van der Waals surface area contributed by atoms with E-state index >= 15 is 0 Å². The summed E-state index contributed by atoms with van der Waals surface area (Å²) in [6.07, 6.45) is 3.65. The number of likely N-dealkylation sites (tertiary alicyclic amines) is 1. The maximum Gasteiger partial charge on any atom is 0.303 e. The van der Waals surface area contributed by atoms with Gasteiger partial charge < -0.3 is 10.0 Å². The molecule has 21 heavy (non-hydrogen) atoms. The molecule has 1 unspecified atom stereocenters. The van der Waals surface area contributed by atoms with E-state index < -0.39 is 5.97 Å². The minimum Gasteiger partial charge on any atom is -0.481 e. The van der Waals surface area contributed by atoms with E-state index in [0.717, 1.165) is 42.5 Å². The van der Waals surface area contributed by atoms with Crippen molar-refractivity contribution in [1.29, 1.82) is 0 Å². The van der Waals surface area contributed by atoms with Gasteiger partial charge in [0.15, 0.2) is 0 Å². The molecule has 1 aliphatic rings. The number of carboxylic acid groups (broad SMARTS) is 1. The topological polar surface area (TPSA) is 57.6 Å². The molecular weight excluding hydrogens is 266 g/mol. The molecule has 0 radical (unpaired) electrons. The maximum absolute atomic E-state index is 12.8. The first-order valence-corrected chi connectivity index (χ1v) is 7.59. The van der Waals surface area contributed by atoms with E-state index in [9.17, 15) is 9.59 Å². The summed E-state index contributed by atoms with van der Waals surface area (Å²) in [6.45, 7) is 4.71. The lowest BCUT2D eigenvalue weighted by Gasteiger charge is -2.36. The summed E-state index contributed by atoms with van der Waals surface area (Å²) in [5, 5.41) is 8.86. The highest BCUT2D eigenvalue weighted by molar-refractivity contribution is 5.96. The second kappa shape index (κ2) is 6.74. The molecule has 1 atom stereocenters. The molecule has 1 saturated heterocycles. The minimum absolute atomic E-state index is 0.0475. The Bertz CT molecular complexity index is 539. The summed E-state index contributed by atoms with van der Waals surface area (Å²) in [6, 6.07) is 5.84. The van der Waals surface area contributed by atoms with Crippen molar-refractivity contribution in [1.82, 2.24) is 4.90 Å². The van der Waals surface area contributed by atoms with E-state index in [1.54, 1.807) is 0 Å². The third kappa shape index (κ3) is 3.63. The number of hydrogen-bond donors (Lipinski definition) is 1. The van der Waals surface area contributed by atoms with Crippen molar-refractivity contribution < 1.29 is 14.7 Å². The molecule has 1 N–H and O–H groups in total. The fourth-order valence-electron chi connectivity index (χ4n) is 3.00. The minimum atomic E-state index is -0.792. The van der Waals surface area contributed by atoms with Gasteiger partial charge in [0.1, 0.15) is 0 Å². The molecule has 1 aromatic carbocycles. The zero-order valence-electron chi connectivity index (χ0n) is 12.8. The Hall–Kier alpha value is -1.84. The summed E-state index contributed by atoms with van der Waals surface area (Å²) < 4.78 is 0. The Kier molecular flexibility index (Phi) is 4.99. The third-order valence-electron chi connectivity index (χ3n) is 4.41. The molecule has 0 saturated carbocycles. The van der Waals surface area contributed by atoms with Crippen LogP contribution in [0.5, 0.6) is 0 Å². The van der Waals surface area contributed by atoms with Crippen LogP contribution in [-0.2, 0) is 4.79 Å². The predicted molar refractivity (Wildman–Crippen MR) is 81.5 cm³/mol. The summed E-state index contributed by atoms with van der Waals surface area (Å²) in [5.74, 6) is -0.744. The van der Waals surface area contributed by atoms with Gasteiger partial charge in [-0.15, -0.1) is 0 Å². The van der Waals surface area contributed by atoms with Gasteiger partial charge in [0, 0.05) is 24.6 Å². The number of benzene rings is 1. The normalized spacial score (nSPS) is 18.6. The summed E-state index contributed by atoms with van der Waals surface area (Å²) in [7, 11) is 0. The van der Waals surface area contributed by atoms with Crippen molar-refractivity contribution in [3.63, 3.8) is 0 Å². The van der Waals surface area contributed by atoms with Gasteiger partial charge in [-0.25, -0.2) is 0 Å². The van der Waals surface area contributed by atoms with E-state index in [2.05, 4.69) is 0 Å². The molecule has 1 aromatic rings. The van der Waals surface area contributed by atoms with Crippen LogP contribution in [-0.4, -0.2) is 34.5 Å². The van der Waals surface area contributed by atoms with Crippen molar-refractivity contribution in [3.05, 3.63) is 34.9 Å². The summed E-state index contributed by atoms with van der Waals surface area (Å²) in [5.41, 5.74) is 2.88. The van der Waals surface area contributed by atoms with Crippen LogP contribution >= 0.6 is 0 Å². The molecule has 1 heterocycles. The third-order valence-corrected chi connectivity index (χ3v) is 4.41. The highest BCUT2D eigenvalue weighted by Gasteiger charge is 2.28. The van der Waals surface area contributed by atoms with Crippen LogP contribution in [0.2, 0.25) is 0 Å². The highest BCUT2D eigenvalue weighted by atomic mass is 16.4. The fourth-order valence-corrected chi connectivity index (χ4v) is 3.00. The Labute approximate surface area is 125 Å². The second-order valence-electron chi connectivity index (χ2n) is 5.83. The van der Waals surface area contributed by atoms with E-state index in [4.69, 9.17) is 5.11 Å². The van der Waals surface area contributed by atoms with Crippen LogP contribution in [0, 0.1) is 13.8 Å². The number of aliphatic carboxylic acids is 1. The van der Waals surface area contributed by atoms with Gasteiger partial charge in [-0.05, 0) is 56.7 Å². The molecule has 2 rings (SSSR count). The van der Waals surface area contributed by atoms with E-state index in [-0.39, 0.29) is 18.4 Å². The molecule has 4 nitrogen and oxygen atoms in total. The quantitative estimate of drug-likeness (QED) is 0.926.